The number of halogens is 3. The van der Waals surface area contributed by atoms with Gasteiger partial charge in [-0.1, -0.05) is 30.1 Å². The van der Waals surface area contributed by atoms with Gasteiger partial charge < -0.3 is 9.26 Å². The second kappa shape index (κ2) is 6.20. The highest BCUT2D eigenvalue weighted by Crippen LogP contribution is 2.35. The fourth-order valence-electron chi connectivity index (χ4n) is 1.83. The summed E-state index contributed by atoms with van der Waals surface area (Å²) in [7, 11) is 0. The fourth-order valence-corrected chi connectivity index (χ4v) is 1.83. The minimum absolute atomic E-state index is 0.123. The molecule has 0 aliphatic heterocycles. The molecule has 114 valence electrons. The van der Waals surface area contributed by atoms with Gasteiger partial charge >= 0.3 is 6.18 Å². The van der Waals surface area contributed by atoms with E-state index in [0.29, 0.717) is 17.9 Å². The van der Waals surface area contributed by atoms with E-state index in [4.69, 9.17) is 4.74 Å². The molecule has 0 bridgehead atoms. The van der Waals surface area contributed by atoms with E-state index in [1.807, 2.05) is 19.9 Å². The van der Waals surface area contributed by atoms with Crippen LogP contribution in [0.5, 0.6) is 5.75 Å². The predicted octanol–water partition coefficient (Wildman–Crippen LogP) is 4.85. The Morgan fingerprint density at radius 1 is 1.24 bits per heavy atom. The highest BCUT2D eigenvalue weighted by Gasteiger charge is 2.36. The van der Waals surface area contributed by atoms with Crippen LogP contribution in [-0.4, -0.2) is 11.8 Å². The number of nitrogens with zero attached hydrogens (tertiary/aromatic N) is 1. The zero-order chi connectivity index (χ0) is 15.5. The summed E-state index contributed by atoms with van der Waals surface area (Å²) < 4.78 is 47.7. The smallest absolute Gasteiger partial charge is 0.452 e. The lowest BCUT2D eigenvalue weighted by Crippen LogP contribution is -2.02. The van der Waals surface area contributed by atoms with Crippen molar-refractivity contribution in [2.45, 2.75) is 32.9 Å². The SMILES string of the molecule is CCCCOc1ccc(C)cc1-c1cc(C(F)(F)F)on1. The first-order valence-corrected chi connectivity index (χ1v) is 6.69. The second-order valence-corrected chi connectivity index (χ2v) is 4.78. The van der Waals surface area contributed by atoms with Gasteiger partial charge in [0.05, 0.1) is 6.61 Å². The van der Waals surface area contributed by atoms with Crippen molar-refractivity contribution in [2.75, 3.05) is 6.61 Å². The van der Waals surface area contributed by atoms with Gasteiger partial charge in [0, 0.05) is 11.6 Å². The third-order valence-corrected chi connectivity index (χ3v) is 2.96. The van der Waals surface area contributed by atoms with Crippen LogP contribution < -0.4 is 4.74 Å². The van der Waals surface area contributed by atoms with Gasteiger partial charge in [0.25, 0.3) is 0 Å². The Hall–Kier alpha value is -1.98. The molecule has 0 aliphatic rings. The van der Waals surface area contributed by atoms with Crippen LogP contribution in [0.1, 0.15) is 31.1 Å². The van der Waals surface area contributed by atoms with E-state index in [-0.39, 0.29) is 5.69 Å². The minimum atomic E-state index is -4.54. The van der Waals surface area contributed by atoms with Gasteiger partial charge in [0.15, 0.2) is 0 Å². The second-order valence-electron chi connectivity index (χ2n) is 4.78. The molecule has 0 N–H and O–H groups in total. The van der Waals surface area contributed by atoms with E-state index >= 15 is 0 Å². The summed E-state index contributed by atoms with van der Waals surface area (Å²) in [6.45, 7) is 4.40. The van der Waals surface area contributed by atoms with E-state index in [1.54, 1.807) is 12.1 Å². The summed E-state index contributed by atoms with van der Waals surface area (Å²) >= 11 is 0. The topological polar surface area (TPSA) is 35.3 Å². The normalized spacial score (nSPS) is 11.7. The average Bonchev–Trinajstić information content (AvgIpc) is 2.90. The predicted molar refractivity (Wildman–Crippen MR) is 72.1 cm³/mol. The third-order valence-electron chi connectivity index (χ3n) is 2.96. The first kappa shape index (κ1) is 15.4. The Kier molecular flexibility index (Phi) is 4.55. The molecule has 0 amide bonds. The Labute approximate surface area is 120 Å². The van der Waals surface area contributed by atoms with Crippen LogP contribution in [0.4, 0.5) is 13.2 Å². The molecule has 0 radical (unpaired) electrons. The molecule has 1 aromatic carbocycles. The lowest BCUT2D eigenvalue weighted by molar-refractivity contribution is -0.155. The molecule has 0 fully saturated rings. The molecule has 2 aromatic rings. The first-order chi connectivity index (χ1) is 9.91. The van der Waals surface area contributed by atoms with Gasteiger partial charge in [-0.05, 0) is 25.5 Å². The van der Waals surface area contributed by atoms with Crippen molar-refractivity contribution in [3.05, 3.63) is 35.6 Å². The summed E-state index contributed by atoms with van der Waals surface area (Å²) in [5, 5.41) is 3.51. The van der Waals surface area contributed by atoms with Gasteiger partial charge in [0.2, 0.25) is 5.76 Å². The summed E-state index contributed by atoms with van der Waals surface area (Å²) in [6, 6.07) is 6.21. The van der Waals surface area contributed by atoms with E-state index in [0.717, 1.165) is 24.5 Å². The van der Waals surface area contributed by atoms with Crippen molar-refractivity contribution < 1.29 is 22.4 Å². The van der Waals surface area contributed by atoms with Gasteiger partial charge in [-0.25, -0.2) is 0 Å². The number of rotatable bonds is 5. The van der Waals surface area contributed by atoms with Crippen molar-refractivity contribution in [3.63, 3.8) is 0 Å². The minimum Gasteiger partial charge on any atom is -0.493 e. The Morgan fingerprint density at radius 2 is 2.00 bits per heavy atom. The number of alkyl halides is 3. The molecule has 3 nitrogen and oxygen atoms in total. The van der Waals surface area contributed by atoms with E-state index < -0.39 is 11.9 Å². The lowest BCUT2D eigenvalue weighted by atomic mass is 10.1. The monoisotopic (exact) mass is 299 g/mol. The third kappa shape index (κ3) is 3.77. The Bertz CT molecular complexity index is 605. The van der Waals surface area contributed by atoms with Crippen molar-refractivity contribution in [3.8, 4) is 17.0 Å². The zero-order valence-electron chi connectivity index (χ0n) is 11.8. The molecule has 2 rings (SSSR count). The molecule has 0 atom stereocenters. The number of hydrogen-bond acceptors (Lipinski definition) is 3. The van der Waals surface area contributed by atoms with Crippen LogP contribution in [0.25, 0.3) is 11.3 Å². The Balaban J connectivity index is 2.33. The molecule has 6 heteroatoms. The van der Waals surface area contributed by atoms with Gasteiger partial charge in [-0.3, -0.25) is 0 Å². The van der Waals surface area contributed by atoms with Gasteiger partial charge in [-0.15, -0.1) is 0 Å². The maximum atomic E-state index is 12.6. The number of hydrogen-bond donors (Lipinski definition) is 0. The number of aromatic nitrogens is 1. The van der Waals surface area contributed by atoms with Crippen LogP contribution in [0.3, 0.4) is 0 Å². The quantitative estimate of drug-likeness (QED) is 0.740. The molecule has 0 saturated heterocycles. The molecule has 1 aromatic heterocycles. The summed E-state index contributed by atoms with van der Waals surface area (Å²) in [4.78, 5) is 0. The molecular formula is C15H16F3NO2. The van der Waals surface area contributed by atoms with Crippen molar-refractivity contribution in [1.29, 1.82) is 0 Å². The van der Waals surface area contributed by atoms with E-state index in [2.05, 4.69) is 9.68 Å². The largest absolute Gasteiger partial charge is 0.493 e. The fraction of sp³-hybridized carbons (Fsp3) is 0.400. The van der Waals surface area contributed by atoms with Gasteiger partial charge in [0.1, 0.15) is 11.4 Å². The van der Waals surface area contributed by atoms with Gasteiger partial charge in [-0.2, -0.15) is 13.2 Å². The van der Waals surface area contributed by atoms with E-state index in [1.165, 1.54) is 0 Å². The number of unbranched alkanes of at least 4 members (excludes halogenated alkanes) is 1. The highest BCUT2D eigenvalue weighted by molar-refractivity contribution is 5.68. The maximum absolute atomic E-state index is 12.6. The summed E-state index contributed by atoms with van der Waals surface area (Å²) in [5.41, 5.74) is 1.53. The molecule has 0 saturated carbocycles. The van der Waals surface area contributed by atoms with Crippen molar-refractivity contribution in [1.82, 2.24) is 5.16 Å². The van der Waals surface area contributed by atoms with Crippen LogP contribution in [0.2, 0.25) is 0 Å². The molecule has 0 aliphatic carbocycles. The van der Waals surface area contributed by atoms with Crippen LogP contribution >= 0.6 is 0 Å². The van der Waals surface area contributed by atoms with Crippen LogP contribution in [0, 0.1) is 6.92 Å². The van der Waals surface area contributed by atoms with E-state index in [9.17, 15) is 13.2 Å². The highest BCUT2D eigenvalue weighted by atomic mass is 19.4. The van der Waals surface area contributed by atoms with Crippen LogP contribution in [-0.2, 0) is 6.18 Å². The lowest BCUT2D eigenvalue weighted by Gasteiger charge is -2.10. The molecule has 0 unspecified atom stereocenters. The Morgan fingerprint density at radius 3 is 2.62 bits per heavy atom. The zero-order valence-corrected chi connectivity index (χ0v) is 11.8. The molecule has 21 heavy (non-hydrogen) atoms. The number of aryl methyl sites for hydroxylation is 1. The number of ether oxygens (including phenoxy) is 1. The molecule has 1 heterocycles. The standard InChI is InChI=1S/C15H16F3NO2/c1-3-4-7-20-13-6-5-10(2)8-11(13)12-9-14(21-19-12)15(16,17)18/h5-6,8-9H,3-4,7H2,1-2H3. The first-order valence-electron chi connectivity index (χ1n) is 6.69. The van der Waals surface area contributed by atoms with Crippen LogP contribution in [0.15, 0.2) is 28.8 Å². The summed E-state index contributed by atoms with van der Waals surface area (Å²) in [5.74, 6) is -0.602. The molecular weight excluding hydrogens is 283 g/mol. The van der Waals surface area contributed by atoms with Crippen molar-refractivity contribution >= 4 is 0 Å². The summed E-state index contributed by atoms with van der Waals surface area (Å²) in [6.07, 6.45) is -2.69. The van der Waals surface area contributed by atoms with Crippen molar-refractivity contribution in [2.24, 2.45) is 0 Å². The number of benzene rings is 1. The average molecular weight is 299 g/mol. The molecule has 0 spiro atoms. The maximum Gasteiger partial charge on any atom is 0.452 e.